The van der Waals surface area contributed by atoms with Gasteiger partial charge in [0.25, 0.3) is 0 Å². The van der Waals surface area contributed by atoms with Crippen molar-refractivity contribution in [1.82, 2.24) is 20.8 Å². The van der Waals surface area contributed by atoms with Crippen LogP contribution in [0.2, 0.25) is 0 Å². The molecule has 1 unspecified atom stereocenters. The van der Waals surface area contributed by atoms with Gasteiger partial charge in [0, 0.05) is 14.1 Å². The second-order valence-corrected chi connectivity index (χ2v) is 2.48. The number of hydrogen-bond donors (Lipinski definition) is 2. The topological polar surface area (TPSA) is 75.3 Å². The molecule has 2 N–H and O–H groups in total. The van der Waals surface area contributed by atoms with Crippen molar-refractivity contribution in [2.24, 2.45) is 4.99 Å². The smallest absolute Gasteiger partial charge is 0.213 e. The Morgan fingerprint density at radius 2 is 2.46 bits per heavy atom. The molecule has 0 bridgehead atoms. The van der Waals surface area contributed by atoms with E-state index in [0.717, 1.165) is 0 Å². The van der Waals surface area contributed by atoms with Crippen LogP contribution in [0.3, 0.4) is 0 Å². The molecule has 0 aromatic carbocycles. The summed E-state index contributed by atoms with van der Waals surface area (Å²) in [5.74, 6) is 1.30. The molecule has 0 aliphatic carbocycles. The number of aromatic nitrogens is 2. The summed E-state index contributed by atoms with van der Waals surface area (Å²) in [7, 11) is 3.49. The summed E-state index contributed by atoms with van der Waals surface area (Å²) in [6.07, 6.45) is 1.30. The van der Waals surface area contributed by atoms with E-state index in [1.807, 2.05) is 6.92 Å². The van der Waals surface area contributed by atoms with E-state index in [4.69, 9.17) is 0 Å². The number of hydrogen-bond acceptors (Lipinski definition) is 4. The summed E-state index contributed by atoms with van der Waals surface area (Å²) in [6.45, 7) is 1.92. The summed E-state index contributed by atoms with van der Waals surface area (Å²) >= 11 is 0. The summed E-state index contributed by atoms with van der Waals surface area (Å²) in [5, 5.41) is 9.68. The number of nitrogens with zero attached hydrogens (tertiary/aromatic N) is 3. The van der Waals surface area contributed by atoms with Gasteiger partial charge in [0.05, 0.1) is 6.04 Å². The predicted octanol–water partition coefficient (Wildman–Crippen LogP) is -0.0746. The molecule has 1 aromatic heterocycles. The molecule has 72 valence electrons. The molecule has 0 saturated carbocycles. The van der Waals surface area contributed by atoms with E-state index in [2.05, 4.69) is 30.3 Å². The minimum atomic E-state index is -0.0232. The Balaban J connectivity index is 2.55. The van der Waals surface area contributed by atoms with Crippen molar-refractivity contribution in [3.05, 3.63) is 12.2 Å². The summed E-state index contributed by atoms with van der Waals surface area (Å²) in [5.41, 5.74) is 0. The lowest BCUT2D eigenvalue weighted by Gasteiger charge is -2.12. The standard InChI is InChI=1S/C7H13N5O/c1-5(6-10-4-13-12-6)11-7(8-2)9-3/h4-5H,1-3H3,(H2,8,9,11). The lowest BCUT2D eigenvalue weighted by molar-refractivity contribution is 0.403. The molecular formula is C7H13N5O. The quantitative estimate of drug-likeness (QED) is 0.495. The molecule has 13 heavy (non-hydrogen) atoms. The molecule has 0 fully saturated rings. The largest absolute Gasteiger partial charge is 0.359 e. The molecular weight excluding hydrogens is 170 g/mol. The zero-order valence-corrected chi connectivity index (χ0v) is 7.90. The van der Waals surface area contributed by atoms with Crippen molar-refractivity contribution < 1.29 is 4.52 Å². The van der Waals surface area contributed by atoms with Crippen molar-refractivity contribution in [1.29, 1.82) is 0 Å². The number of guanidine groups is 1. The summed E-state index contributed by atoms with van der Waals surface area (Å²) < 4.78 is 4.62. The second-order valence-electron chi connectivity index (χ2n) is 2.48. The lowest BCUT2D eigenvalue weighted by Crippen LogP contribution is -2.36. The SMILES string of the molecule is CN=C(NC)NC(C)c1ncon1. The van der Waals surface area contributed by atoms with Crippen LogP contribution < -0.4 is 10.6 Å². The van der Waals surface area contributed by atoms with E-state index in [1.165, 1.54) is 6.39 Å². The monoisotopic (exact) mass is 183 g/mol. The van der Waals surface area contributed by atoms with Gasteiger partial charge in [-0.25, -0.2) is 0 Å². The van der Waals surface area contributed by atoms with E-state index in [-0.39, 0.29) is 6.04 Å². The second kappa shape index (κ2) is 4.44. The average molecular weight is 183 g/mol. The highest BCUT2D eigenvalue weighted by Gasteiger charge is 2.10. The number of aliphatic imine (C=N–C) groups is 1. The third-order valence-corrected chi connectivity index (χ3v) is 1.58. The van der Waals surface area contributed by atoms with Crippen molar-refractivity contribution in [3.63, 3.8) is 0 Å². The van der Waals surface area contributed by atoms with E-state index in [1.54, 1.807) is 14.1 Å². The highest BCUT2D eigenvalue weighted by atomic mass is 16.5. The number of rotatable bonds is 2. The zero-order chi connectivity index (χ0) is 9.68. The Hall–Kier alpha value is -1.59. The maximum atomic E-state index is 4.62. The maximum Gasteiger partial charge on any atom is 0.213 e. The van der Waals surface area contributed by atoms with Crippen LogP contribution >= 0.6 is 0 Å². The van der Waals surface area contributed by atoms with Gasteiger partial charge in [-0.1, -0.05) is 5.16 Å². The molecule has 1 aromatic rings. The van der Waals surface area contributed by atoms with Gasteiger partial charge in [-0.3, -0.25) is 4.99 Å². The molecule has 6 heteroatoms. The van der Waals surface area contributed by atoms with Gasteiger partial charge in [0.15, 0.2) is 11.8 Å². The first-order chi connectivity index (χ1) is 6.27. The zero-order valence-electron chi connectivity index (χ0n) is 7.90. The van der Waals surface area contributed by atoms with Gasteiger partial charge in [-0.15, -0.1) is 0 Å². The van der Waals surface area contributed by atoms with Gasteiger partial charge in [0.1, 0.15) is 0 Å². The maximum absolute atomic E-state index is 4.62. The van der Waals surface area contributed by atoms with Gasteiger partial charge < -0.3 is 15.2 Å². The van der Waals surface area contributed by atoms with Crippen LogP contribution in [0.4, 0.5) is 0 Å². The van der Waals surface area contributed by atoms with Crippen molar-refractivity contribution in [2.75, 3.05) is 14.1 Å². The highest BCUT2D eigenvalue weighted by Crippen LogP contribution is 2.03. The van der Waals surface area contributed by atoms with Gasteiger partial charge in [-0.2, -0.15) is 4.98 Å². The highest BCUT2D eigenvalue weighted by molar-refractivity contribution is 5.79. The predicted molar refractivity (Wildman–Crippen MR) is 48.3 cm³/mol. The van der Waals surface area contributed by atoms with Crippen LogP contribution in [0.25, 0.3) is 0 Å². The molecule has 0 amide bonds. The molecule has 1 heterocycles. The van der Waals surface area contributed by atoms with Crippen LogP contribution in [-0.4, -0.2) is 30.2 Å². The summed E-state index contributed by atoms with van der Waals surface area (Å²) in [4.78, 5) is 7.88. The van der Waals surface area contributed by atoms with E-state index >= 15 is 0 Å². The first kappa shape index (κ1) is 9.50. The fourth-order valence-corrected chi connectivity index (χ4v) is 0.888. The Labute approximate surface area is 76.4 Å². The molecule has 0 radical (unpaired) electrons. The van der Waals surface area contributed by atoms with Crippen molar-refractivity contribution in [3.8, 4) is 0 Å². The van der Waals surface area contributed by atoms with E-state index in [9.17, 15) is 0 Å². The molecule has 0 aliphatic heterocycles. The van der Waals surface area contributed by atoms with Crippen LogP contribution in [-0.2, 0) is 0 Å². The third kappa shape index (κ3) is 2.43. The molecule has 6 nitrogen and oxygen atoms in total. The Bertz CT molecular complexity index is 268. The Morgan fingerprint density at radius 1 is 1.69 bits per heavy atom. The van der Waals surface area contributed by atoms with Crippen molar-refractivity contribution >= 4 is 5.96 Å². The van der Waals surface area contributed by atoms with Crippen LogP contribution in [0, 0.1) is 0 Å². The van der Waals surface area contributed by atoms with Gasteiger partial charge in [-0.05, 0) is 6.92 Å². The third-order valence-electron chi connectivity index (χ3n) is 1.58. The van der Waals surface area contributed by atoms with E-state index < -0.39 is 0 Å². The normalized spacial score (nSPS) is 13.9. The Morgan fingerprint density at radius 3 is 2.92 bits per heavy atom. The summed E-state index contributed by atoms with van der Waals surface area (Å²) in [6, 6.07) is -0.0232. The van der Waals surface area contributed by atoms with Gasteiger partial charge in [0.2, 0.25) is 6.39 Å². The molecule has 0 saturated heterocycles. The molecule has 1 atom stereocenters. The van der Waals surface area contributed by atoms with Crippen LogP contribution in [0.5, 0.6) is 0 Å². The lowest BCUT2D eigenvalue weighted by atomic mass is 10.3. The average Bonchev–Trinajstić information content (AvgIpc) is 2.66. The minimum absolute atomic E-state index is 0.0232. The Kier molecular flexibility index (Phi) is 3.24. The first-order valence-electron chi connectivity index (χ1n) is 3.95. The molecule has 0 spiro atoms. The van der Waals surface area contributed by atoms with Crippen molar-refractivity contribution in [2.45, 2.75) is 13.0 Å². The van der Waals surface area contributed by atoms with Gasteiger partial charge >= 0.3 is 0 Å². The fraction of sp³-hybridized carbons (Fsp3) is 0.571. The van der Waals surface area contributed by atoms with E-state index in [0.29, 0.717) is 11.8 Å². The first-order valence-corrected chi connectivity index (χ1v) is 3.95. The minimum Gasteiger partial charge on any atom is -0.359 e. The fourth-order valence-electron chi connectivity index (χ4n) is 0.888. The van der Waals surface area contributed by atoms with Crippen LogP contribution in [0.15, 0.2) is 15.9 Å². The molecule has 0 aliphatic rings. The van der Waals surface area contributed by atoms with Crippen LogP contribution in [0.1, 0.15) is 18.8 Å². The number of nitrogens with one attached hydrogen (secondary N) is 2. The molecule has 1 rings (SSSR count).